The monoisotopic (exact) mass is 347 g/mol. The van der Waals surface area contributed by atoms with Crippen molar-refractivity contribution in [1.29, 1.82) is 0 Å². The predicted molar refractivity (Wildman–Crippen MR) is 103 cm³/mol. The van der Waals surface area contributed by atoms with E-state index in [4.69, 9.17) is 9.47 Å². The minimum absolute atomic E-state index is 0.0593. The Bertz CT molecular complexity index is 862. The van der Waals surface area contributed by atoms with Crippen LogP contribution >= 0.6 is 0 Å². The standard InChI is InChI=1S/C22H21NO3/c1-17-8-7-9-18(14-17)15-26-21-13-6-5-12-20(21)23-22(24)16-25-19-10-3-2-4-11-19/h2-14H,15-16H2,1H3,(H,23,24). The number of amides is 1. The van der Waals surface area contributed by atoms with Crippen molar-refractivity contribution in [3.05, 3.63) is 90.0 Å². The predicted octanol–water partition coefficient (Wildman–Crippen LogP) is 4.59. The summed E-state index contributed by atoms with van der Waals surface area (Å²) < 4.78 is 11.4. The van der Waals surface area contributed by atoms with Gasteiger partial charge in [-0.1, -0.05) is 60.2 Å². The lowest BCUT2D eigenvalue weighted by atomic mass is 10.1. The zero-order valence-electron chi connectivity index (χ0n) is 14.6. The molecule has 3 aromatic carbocycles. The van der Waals surface area contributed by atoms with Crippen molar-refractivity contribution in [3.63, 3.8) is 0 Å². The molecule has 0 radical (unpaired) electrons. The number of hydrogen-bond acceptors (Lipinski definition) is 3. The maximum absolute atomic E-state index is 12.2. The van der Waals surface area contributed by atoms with Crippen LogP contribution < -0.4 is 14.8 Å². The fourth-order valence-electron chi connectivity index (χ4n) is 2.51. The quantitative estimate of drug-likeness (QED) is 0.680. The summed E-state index contributed by atoms with van der Waals surface area (Å²) in [5, 5.41) is 2.84. The average Bonchev–Trinajstić information content (AvgIpc) is 2.67. The summed E-state index contributed by atoms with van der Waals surface area (Å²) in [6.07, 6.45) is 0. The molecule has 1 N–H and O–H groups in total. The van der Waals surface area contributed by atoms with E-state index in [1.807, 2.05) is 79.7 Å². The Kier molecular flexibility index (Phi) is 5.88. The topological polar surface area (TPSA) is 47.6 Å². The van der Waals surface area contributed by atoms with Crippen LogP contribution in [0.3, 0.4) is 0 Å². The van der Waals surface area contributed by atoms with Crippen LogP contribution in [0, 0.1) is 6.92 Å². The van der Waals surface area contributed by atoms with Crippen LogP contribution in [0.2, 0.25) is 0 Å². The van der Waals surface area contributed by atoms with Gasteiger partial charge in [-0.05, 0) is 36.8 Å². The van der Waals surface area contributed by atoms with Gasteiger partial charge in [0, 0.05) is 0 Å². The molecule has 0 heterocycles. The molecule has 0 aliphatic heterocycles. The van der Waals surface area contributed by atoms with E-state index in [-0.39, 0.29) is 12.5 Å². The van der Waals surface area contributed by atoms with Gasteiger partial charge in [-0.2, -0.15) is 0 Å². The molecule has 0 aliphatic rings. The number of anilines is 1. The maximum Gasteiger partial charge on any atom is 0.262 e. The maximum atomic E-state index is 12.2. The van der Waals surface area contributed by atoms with Gasteiger partial charge in [0.15, 0.2) is 6.61 Å². The number of rotatable bonds is 7. The number of carbonyl (C=O) groups is 1. The molecule has 26 heavy (non-hydrogen) atoms. The van der Waals surface area contributed by atoms with E-state index in [1.165, 1.54) is 5.56 Å². The molecule has 0 atom stereocenters. The summed E-state index contributed by atoms with van der Waals surface area (Å²) in [4.78, 5) is 12.2. The lowest BCUT2D eigenvalue weighted by molar-refractivity contribution is -0.118. The Morgan fingerprint density at radius 1 is 0.885 bits per heavy atom. The van der Waals surface area contributed by atoms with Gasteiger partial charge in [-0.25, -0.2) is 0 Å². The molecule has 0 aromatic heterocycles. The van der Waals surface area contributed by atoms with Gasteiger partial charge in [0.2, 0.25) is 0 Å². The number of carbonyl (C=O) groups excluding carboxylic acids is 1. The minimum Gasteiger partial charge on any atom is -0.487 e. The van der Waals surface area contributed by atoms with Crippen molar-refractivity contribution in [2.45, 2.75) is 13.5 Å². The third-order valence-electron chi connectivity index (χ3n) is 3.75. The van der Waals surface area contributed by atoms with Gasteiger partial charge in [0.1, 0.15) is 18.1 Å². The summed E-state index contributed by atoms with van der Waals surface area (Å²) in [6, 6.07) is 24.8. The zero-order chi connectivity index (χ0) is 18.2. The molecule has 3 rings (SSSR count). The fraction of sp³-hybridized carbons (Fsp3) is 0.136. The van der Waals surface area contributed by atoms with Crippen LogP contribution in [0.25, 0.3) is 0 Å². The van der Waals surface area contributed by atoms with Gasteiger partial charge in [0.25, 0.3) is 5.91 Å². The van der Waals surface area contributed by atoms with Crippen LogP contribution in [-0.4, -0.2) is 12.5 Å². The third kappa shape index (κ3) is 5.11. The summed E-state index contributed by atoms with van der Waals surface area (Å²) in [7, 11) is 0. The van der Waals surface area contributed by atoms with Gasteiger partial charge in [-0.15, -0.1) is 0 Å². The van der Waals surface area contributed by atoms with Crippen LogP contribution in [0.5, 0.6) is 11.5 Å². The van der Waals surface area contributed by atoms with Crippen molar-refractivity contribution in [2.75, 3.05) is 11.9 Å². The highest BCUT2D eigenvalue weighted by Crippen LogP contribution is 2.25. The molecule has 3 aromatic rings. The Morgan fingerprint density at radius 2 is 1.65 bits per heavy atom. The van der Waals surface area contributed by atoms with Crippen molar-refractivity contribution in [2.24, 2.45) is 0 Å². The van der Waals surface area contributed by atoms with Gasteiger partial charge in [-0.3, -0.25) is 4.79 Å². The molecule has 0 bridgehead atoms. The summed E-state index contributed by atoms with van der Waals surface area (Å²) >= 11 is 0. The van der Waals surface area contributed by atoms with E-state index < -0.39 is 0 Å². The number of ether oxygens (including phenoxy) is 2. The highest BCUT2D eigenvalue weighted by molar-refractivity contribution is 5.93. The molecule has 4 heteroatoms. The first-order valence-corrected chi connectivity index (χ1v) is 8.46. The van der Waals surface area contributed by atoms with Gasteiger partial charge >= 0.3 is 0 Å². The van der Waals surface area contributed by atoms with Gasteiger partial charge < -0.3 is 14.8 Å². The van der Waals surface area contributed by atoms with E-state index >= 15 is 0 Å². The van der Waals surface area contributed by atoms with E-state index in [0.29, 0.717) is 23.8 Å². The first-order valence-electron chi connectivity index (χ1n) is 8.46. The van der Waals surface area contributed by atoms with Crippen molar-refractivity contribution >= 4 is 11.6 Å². The number of para-hydroxylation sites is 3. The van der Waals surface area contributed by atoms with E-state index in [9.17, 15) is 4.79 Å². The van der Waals surface area contributed by atoms with E-state index in [0.717, 1.165) is 5.56 Å². The molecular formula is C22H21NO3. The van der Waals surface area contributed by atoms with Crippen molar-refractivity contribution in [1.82, 2.24) is 0 Å². The molecule has 132 valence electrons. The molecule has 1 amide bonds. The van der Waals surface area contributed by atoms with Crippen LogP contribution in [-0.2, 0) is 11.4 Å². The average molecular weight is 347 g/mol. The van der Waals surface area contributed by atoms with Crippen molar-refractivity contribution < 1.29 is 14.3 Å². The summed E-state index contributed by atoms with van der Waals surface area (Å²) in [5.74, 6) is 1.05. The molecule has 0 saturated heterocycles. The van der Waals surface area contributed by atoms with Crippen molar-refractivity contribution in [3.8, 4) is 11.5 Å². The Morgan fingerprint density at radius 3 is 2.46 bits per heavy atom. The normalized spacial score (nSPS) is 10.2. The smallest absolute Gasteiger partial charge is 0.262 e. The zero-order valence-corrected chi connectivity index (χ0v) is 14.6. The number of nitrogens with one attached hydrogen (secondary N) is 1. The molecule has 4 nitrogen and oxygen atoms in total. The lowest BCUT2D eigenvalue weighted by Crippen LogP contribution is -2.20. The second-order valence-electron chi connectivity index (χ2n) is 5.92. The van der Waals surface area contributed by atoms with Crippen LogP contribution in [0.15, 0.2) is 78.9 Å². The van der Waals surface area contributed by atoms with Crippen LogP contribution in [0.4, 0.5) is 5.69 Å². The Hall–Kier alpha value is -3.27. The van der Waals surface area contributed by atoms with E-state index in [2.05, 4.69) is 11.4 Å². The number of benzene rings is 3. The highest BCUT2D eigenvalue weighted by Gasteiger charge is 2.08. The second-order valence-corrected chi connectivity index (χ2v) is 5.92. The largest absolute Gasteiger partial charge is 0.487 e. The molecule has 0 aliphatic carbocycles. The summed E-state index contributed by atoms with van der Waals surface area (Å²) in [6.45, 7) is 2.43. The minimum atomic E-state index is -0.236. The van der Waals surface area contributed by atoms with Crippen LogP contribution in [0.1, 0.15) is 11.1 Å². The second kappa shape index (κ2) is 8.72. The SMILES string of the molecule is Cc1cccc(COc2ccccc2NC(=O)COc2ccccc2)c1. The molecule has 0 spiro atoms. The van der Waals surface area contributed by atoms with E-state index in [1.54, 1.807) is 0 Å². The first kappa shape index (κ1) is 17.5. The molecule has 0 unspecified atom stereocenters. The van der Waals surface area contributed by atoms with Gasteiger partial charge in [0.05, 0.1) is 5.69 Å². The third-order valence-corrected chi connectivity index (χ3v) is 3.75. The fourth-order valence-corrected chi connectivity index (χ4v) is 2.51. The Balaban J connectivity index is 1.58. The molecular weight excluding hydrogens is 326 g/mol. The highest BCUT2D eigenvalue weighted by atomic mass is 16.5. The Labute approximate surface area is 153 Å². The lowest BCUT2D eigenvalue weighted by Gasteiger charge is -2.13. The number of hydrogen-bond donors (Lipinski definition) is 1. The summed E-state index contributed by atoms with van der Waals surface area (Å²) in [5.41, 5.74) is 2.89. The molecule has 0 saturated carbocycles. The number of aryl methyl sites for hydroxylation is 1. The molecule has 0 fully saturated rings. The first-order chi connectivity index (χ1) is 12.7.